The van der Waals surface area contributed by atoms with E-state index in [1.165, 1.54) is 0 Å². The van der Waals surface area contributed by atoms with Crippen molar-refractivity contribution in [1.29, 1.82) is 0 Å². The molecule has 0 aromatic heterocycles. The van der Waals surface area contributed by atoms with E-state index in [0.717, 1.165) is 56.9 Å². The maximum absolute atomic E-state index is 14.4. The van der Waals surface area contributed by atoms with Crippen molar-refractivity contribution in [1.82, 2.24) is 20.3 Å². The normalized spacial score (nSPS) is 32.1. The zero-order valence-electron chi connectivity index (χ0n) is 27.9. The first kappa shape index (κ1) is 35.5. The average molecular weight is 680 g/mol. The molecule has 5 rings (SSSR count). The number of carbonyl (C=O) groups excluding carboxylic acids is 2. The number of hydrogen-bond donors (Lipinski definition) is 4. The Labute approximate surface area is 280 Å². The lowest BCUT2D eigenvalue weighted by Crippen LogP contribution is -2.60. The lowest BCUT2D eigenvalue weighted by molar-refractivity contribution is -0.133. The van der Waals surface area contributed by atoms with E-state index in [1.54, 1.807) is 18.2 Å². The molecule has 8 atom stereocenters. The van der Waals surface area contributed by atoms with E-state index in [2.05, 4.69) is 29.8 Å². The van der Waals surface area contributed by atoms with Crippen LogP contribution in [0.1, 0.15) is 97.0 Å². The van der Waals surface area contributed by atoms with Gasteiger partial charge < -0.3 is 26.4 Å². The first-order valence-electron chi connectivity index (χ1n) is 17.2. The summed E-state index contributed by atoms with van der Waals surface area (Å²) in [7, 11) is -3.26. The van der Waals surface area contributed by atoms with E-state index in [4.69, 9.17) is 22.1 Å². The maximum atomic E-state index is 14.4. The minimum Gasteiger partial charge on any atom is -0.376 e. The van der Waals surface area contributed by atoms with Crippen LogP contribution in [0.3, 0.4) is 0 Å². The van der Waals surface area contributed by atoms with Gasteiger partial charge in [0.05, 0.1) is 16.9 Å². The van der Waals surface area contributed by atoms with Crippen LogP contribution in [0, 0.1) is 11.8 Å². The maximum Gasteiger partial charge on any atom is 0.243 e. The van der Waals surface area contributed by atoms with Gasteiger partial charge in [0.1, 0.15) is 6.04 Å². The van der Waals surface area contributed by atoms with Gasteiger partial charge >= 0.3 is 0 Å². The Balaban J connectivity index is 1.35. The summed E-state index contributed by atoms with van der Waals surface area (Å²) in [5, 5.41) is 10.6. The highest BCUT2D eigenvalue weighted by atomic mass is 35.5. The molecule has 2 bridgehead atoms. The molecule has 10 nitrogen and oxygen atoms in total. The number of piperazine rings is 1. The fourth-order valence-electron chi connectivity index (χ4n) is 8.15. The molecule has 1 aliphatic carbocycles. The van der Waals surface area contributed by atoms with Gasteiger partial charge in [0.15, 0.2) is 0 Å². The zero-order valence-corrected chi connectivity index (χ0v) is 29.5. The van der Waals surface area contributed by atoms with Gasteiger partial charge in [-0.3, -0.25) is 9.59 Å². The van der Waals surface area contributed by atoms with Gasteiger partial charge in [0, 0.05) is 48.8 Å². The second-order valence-electron chi connectivity index (χ2n) is 15.3. The fourth-order valence-corrected chi connectivity index (χ4v) is 10.1. The summed E-state index contributed by atoms with van der Waals surface area (Å²) in [6.45, 7) is 9.21. The number of sulfonamides is 1. The number of nitrogens with two attached hydrogens (primary N) is 1. The van der Waals surface area contributed by atoms with Crippen molar-refractivity contribution in [3.8, 4) is 0 Å². The Morgan fingerprint density at radius 2 is 1.87 bits per heavy atom. The summed E-state index contributed by atoms with van der Waals surface area (Å²) in [5.74, 6) is -0.399. The van der Waals surface area contributed by atoms with Gasteiger partial charge in [-0.05, 0) is 109 Å². The van der Waals surface area contributed by atoms with Gasteiger partial charge in [0.25, 0.3) is 0 Å². The predicted molar refractivity (Wildman–Crippen MR) is 181 cm³/mol. The van der Waals surface area contributed by atoms with E-state index in [1.807, 2.05) is 24.3 Å². The number of nitrogens with one attached hydrogen (secondary N) is 3. The standard InChI is InChI=1S/C34H54ClN5O5S/c1-33(2)19-24(16-17-45-33)29(23-10-13-25(35)14-11-23)30(39-32(42)34(3,4)36)31(41)38-28-9-5-7-22(28)12-15-27-20-37-26-8-6-18-46(43,44)40(27)21-26/h10-11,13-14,22,24,26-30,37H,5-9,12,15-21,36H2,1-4H3,(H,38,41)(H,39,42). The van der Waals surface area contributed by atoms with Crippen molar-refractivity contribution >= 4 is 33.4 Å². The predicted octanol–water partition coefficient (Wildman–Crippen LogP) is 3.68. The van der Waals surface area contributed by atoms with Crippen LogP contribution < -0.4 is 21.7 Å². The molecule has 258 valence electrons. The van der Waals surface area contributed by atoms with Gasteiger partial charge in [-0.15, -0.1) is 0 Å². The largest absolute Gasteiger partial charge is 0.376 e. The van der Waals surface area contributed by atoms with Crippen LogP contribution in [-0.4, -0.2) is 85.3 Å². The molecule has 1 aromatic rings. The van der Waals surface area contributed by atoms with Crippen molar-refractivity contribution in [2.24, 2.45) is 17.6 Å². The van der Waals surface area contributed by atoms with E-state index < -0.39 is 21.6 Å². The van der Waals surface area contributed by atoms with Crippen LogP contribution in [0.5, 0.6) is 0 Å². The Kier molecular flexibility index (Phi) is 11.1. The van der Waals surface area contributed by atoms with E-state index in [0.29, 0.717) is 31.1 Å². The molecule has 4 fully saturated rings. The fraction of sp³-hybridized carbons (Fsp3) is 0.765. The lowest BCUT2D eigenvalue weighted by Gasteiger charge is -2.42. The molecule has 3 heterocycles. The minimum atomic E-state index is -3.26. The molecule has 5 N–H and O–H groups in total. The molecule has 1 aromatic carbocycles. The van der Waals surface area contributed by atoms with Crippen molar-refractivity contribution in [2.75, 3.05) is 25.4 Å². The third kappa shape index (κ3) is 8.63. The van der Waals surface area contributed by atoms with Crippen LogP contribution in [0.15, 0.2) is 24.3 Å². The molecular weight excluding hydrogens is 626 g/mol. The quantitative estimate of drug-likeness (QED) is 0.296. The third-order valence-corrected chi connectivity index (χ3v) is 12.8. The number of rotatable bonds is 10. The number of nitrogens with zero attached hydrogens (tertiary/aromatic N) is 1. The van der Waals surface area contributed by atoms with Crippen LogP contribution >= 0.6 is 11.6 Å². The third-order valence-electron chi connectivity index (χ3n) is 10.6. The van der Waals surface area contributed by atoms with Crippen LogP contribution in [0.2, 0.25) is 5.02 Å². The number of halogens is 1. The van der Waals surface area contributed by atoms with E-state index >= 15 is 0 Å². The molecule has 46 heavy (non-hydrogen) atoms. The number of hydrogen-bond acceptors (Lipinski definition) is 7. The summed E-state index contributed by atoms with van der Waals surface area (Å²) in [6.07, 6.45) is 7.46. The summed E-state index contributed by atoms with van der Waals surface area (Å²) < 4.78 is 33.8. The molecule has 8 unspecified atom stereocenters. The highest BCUT2D eigenvalue weighted by Gasteiger charge is 2.44. The molecule has 0 radical (unpaired) electrons. The monoisotopic (exact) mass is 679 g/mol. The van der Waals surface area contributed by atoms with Gasteiger partial charge in [0.2, 0.25) is 21.8 Å². The second kappa shape index (κ2) is 14.4. The first-order valence-corrected chi connectivity index (χ1v) is 19.1. The molecule has 0 spiro atoms. The Morgan fingerprint density at radius 1 is 1.13 bits per heavy atom. The van der Waals surface area contributed by atoms with Crippen molar-refractivity contribution in [3.05, 3.63) is 34.9 Å². The first-order chi connectivity index (χ1) is 21.6. The molecule has 3 aliphatic heterocycles. The smallest absolute Gasteiger partial charge is 0.243 e. The zero-order chi connectivity index (χ0) is 33.3. The topological polar surface area (TPSA) is 143 Å². The van der Waals surface area contributed by atoms with E-state index in [-0.39, 0.29) is 59.0 Å². The summed E-state index contributed by atoms with van der Waals surface area (Å²) in [4.78, 5) is 27.8. The SMILES string of the molecule is CC1(C)CC(C(c2ccc(Cl)cc2)C(NC(=O)C(C)(C)N)C(=O)NC2CCCC2CCC2CNC3CCCS(=O)(=O)N2C3)CCO1. The van der Waals surface area contributed by atoms with Crippen LogP contribution in [0.4, 0.5) is 0 Å². The molecular formula is C34H54ClN5O5S. The lowest BCUT2D eigenvalue weighted by atomic mass is 9.72. The summed E-state index contributed by atoms with van der Waals surface area (Å²) in [5.41, 5.74) is 5.64. The molecule has 1 saturated carbocycles. The molecule has 2 amide bonds. The van der Waals surface area contributed by atoms with Gasteiger partial charge in [-0.25, -0.2) is 8.42 Å². The summed E-state index contributed by atoms with van der Waals surface area (Å²) in [6, 6.07) is 6.82. The van der Waals surface area contributed by atoms with Gasteiger partial charge in [-0.1, -0.05) is 30.2 Å². The second-order valence-corrected chi connectivity index (χ2v) is 17.8. The highest BCUT2D eigenvalue weighted by molar-refractivity contribution is 7.89. The number of amides is 2. The van der Waals surface area contributed by atoms with Crippen LogP contribution in [0.25, 0.3) is 0 Å². The number of ether oxygens (including phenoxy) is 1. The van der Waals surface area contributed by atoms with Crippen molar-refractivity contribution in [3.63, 3.8) is 0 Å². The molecule has 3 saturated heterocycles. The van der Waals surface area contributed by atoms with Crippen molar-refractivity contribution in [2.45, 2.75) is 127 Å². The number of carbonyl (C=O) groups is 2. The van der Waals surface area contributed by atoms with Crippen LogP contribution in [-0.2, 0) is 24.3 Å². The number of fused-ring (bicyclic) bond motifs is 2. The summed E-state index contributed by atoms with van der Waals surface area (Å²) >= 11 is 6.28. The molecule has 12 heteroatoms. The molecule has 4 aliphatic rings. The Morgan fingerprint density at radius 3 is 2.57 bits per heavy atom. The Bertz CT molecular complexity index is 1330. The van der Waals surface area contributed by atoms with Gasteiger partial charge in [-0.2, -0.15) is 4.31 Å². The minimum absolute atomic E-state index is 0.0557. The average Bonchev–Trinajstić information content (AvgIpc) is 3.37. The highest BCUT2D eigenvalue weighted by Crippen LogP contribution is 2.41. The Hall–Kier alpha value is -1.76. The van der Waals surface area contributed by atoms with Crippen molar-refractivity contribution < 1.29 is 22.7 Å². The number of benzene rings is 1. The van der Waals surface area contributed by atoms with E-state index in [9.17, 15) is 18.0 Å².